The highest BCUT2D eigenvalue weighted by atomic mass is 16.2. The van der Waals surface area contributed by atoms with Crippen molar-refractivity contribution >= 4 is 17.5 Å². The van der Waals surface area contributed by atoms with E-state index in [1.807, 2.05) is 0 Å². The lowest BCUT2D eigenvalue weighted by molar-refractivity contribution is 0.0946. The SMILES string of the molecule is O=C(Nc1cncnc1)c1ccnc(C(=O)NC2CC2)c1. The molecule has 0 radical (unpaired) electrons. The van der Waals surface area contributed by atoms with E-state index in [9.17, 15) is 9.59 Å². The van der Waals surface area contributed by atoms with E-state index in [0.29, 0.717) is 11.3 Å². The summed E-state index contributed by atoms with van der Waals surface area (Å²) < 4.78 is 0. The topological polar surface area (TPSA) is 96.9 Å². The molecule has 21 heavy (non-hydrogen) atoms. The molecule has 0 spiro atoms. The van der Waals surface area contributed by atoms with Crippen molar-refractivity contribution in [2.24, 2.45) is 0 Å². The summed E-state index contributed by atoms with van der Waals surface area (Å²) in [5, 5.41) is 5.49. The fraction of sp³-hybridized carbons (Fsp3) is 0.214. The minimum atomic E-state index is -0.340. The minimum absolute atomic E-state index is 0.235. The first-order valence-corrected chi connectivity index (χ1v) is 6.55. The lowest BCUT2D eigenvalue weighted by Gasteiger charge is -2.06. The number of pyridine rings is 1. The van der Waals surface area contributed by atoms with E-state index in [-0.39, 0.29) is 23.6 Å². The van der Waals surface area contributed by atoms with Crippen LogP contribution in [0, 0.1) is 0 Å². The van der Waals surface area contributed by atoms with E-state index in [2.05, 4.69) is 25.6 Å². The van der Waals surface area contributed by atoms with Crippen molar-refractivity contribution in [3.8, 4) is 0 Å². The summed E-state index contributed by atoms with van der Waals surface area (Å²) in [6.07, 6.45) is 7.81. The lowest BCUT2D eigenvalue weighted by Crippen LogP contribution is -2.26. The number of carbonyl (C=O) groups excluding carboxylic acids is 2. The Morgan fingerprint density at radius 2 is 1.90 bits per heavy atom. The van der Waals surface area contributed by atoms with Gasteiger partial charge >= 0.3 is 0 Å². The number of hydrogen-bond donors (Lipinski definition) is 2. The monoisotopic (exact) mass is 283 g/mol. The van der Waals surface area contributed by atoms with E-state index >= 15 is 0 Å². The highest BCUT2D eigenvalue weighted by Crippen LogP contribution is 2.19. The summed E-state index contributed by atoms with van der Waals surface area (Å²) in [4.78, 5) is 35.6. The molecule has 1 aliphatic rings. The molecule has 0 unspecified atom stereocenters. The second-order valence-electron chi connectivity index (χ2n) is 4.76. The second kappa shape index (κ2) is 5.66. The van der Waals surface area contributed by atoms with Gasteiger partial charge in [-0.2, -0.15) is 0 Å². The molecule has 0 aliphatic heterocycles. The Bertz CT molecular complexity index is 670. The lowest BCUT2D eigenvalue weighted by atomic mass is 10.2. The van der Waals surface area contributed by atoms with Crippen LogP contribution in [-0.4, -0.2) is 32.8 Å². The normalized spacial score (nSPS) is 13.5. The van der Waals surface area contributed by atoms with Gasteiger partial charge in [0.25, 0.3) is 11.8 Å². The Morgan fingerprint density at radius 3 is 2.62 bits per heavy atom. The Balaban J connectivity index is 1.72. The average Bonchev–Trinajstić information content (AvgIpc) is 3.32. The molecule has 0 saturated heterocycles. The summed E-state index contributed by atoms with van der Waals surface area (Å²) in [5.41, 5.74) is 1.08. The first-order chi connectivity index (χ1) is 10.2. The van der Waals surface area contributed by atoms with Gasteiger partial charge in [-0.3, -0.25) is 14.6 Å². The van der Waals surface area contributed by atoms with Gasteiger partial charge in [-0.15, -0.1) is 0 Å². The number of carbonyl (C=O) groups is 2. The van der Waals surface area contributed by atoms with Gasteiger partial charge < -0.3 is 10.6 Å². The van der Waals surface area contributed by atoms with E-state index in [1.54, 1.807) is 6.07 Å². The zero-order valence-corrected chi connectivity index (χ0v) is 11.1. The van der Waals surface area contributed by atoms with Gasteiger partial charge in [-0.1, -0.05) is 0 Å². The molecule has 2 N–H and O–H groups in total. The van der Waals surface area contributed by atoms with E-state index < -0.39 is 0 Å². The predicted molar refractivity (Wildman–Crippen MR) is 74.7 cm³/mol. The van der Waals surface area contributed by atoms with Crippen LogP contribution < -0.4 is 10.6 Å². The van der Waals surface area contributed by atoms with Gasteiger partial charge in [0, 0.05) is 17.8 Å². The van der Waals surface area contributed by atoms with Crippen LogP contribution in [0.25, 0.3) is 0 Å². The smallest absolute Gasteiger partial charge is 0.270 e. The highest BCUT2D eigenvalue weighted by Gasteiger charge is 2.24. The molecule has 1 fully saturated rings. The van der Waals surface area contributed by atoms with Crippen molar-refractivity contribution in [2.75, 3.05) is 5.32 Å². The zero-order chi connectivity index (χ0) is 14.7. The number of aromatic nitrogens is 3. The van der Waals surface area contributed by atoms with Crippen LogP contribution >= 0.6 is 0 Å². The van der Waals surface area contributed by atoms with Crippen LogP contribution in [0.5, 0.6) is 0 Å². The maximum atomic E-state index is 12.1. The van der Waals surface area contributed by atoms with Crippen LogP contribution in [0.2, 0.25) is 0 Å². The molecule has 2 amide bonds. The molecule has 1 saturated carbocycles. The fourth-order valence-electron chi connectivity index (χ4n) is 1.75. The van der Waals surface area contributed by atoms with E-state index in [1.165, 1.54) is 31.0 Å². The molecular formula is C14H13N5O2. The molecular weight excluding hydrogens is 270 g/mol. The summed E-state index contributed by atoms with van der Waals surface area (Å²) in [7, 11) is 0. The summed E-state index contributed by atoms with van der Waals surface area (Å²) in [6.45, 7) is 0. The predicted octanol–water partition coefficient (Wildman–Crippen LogP) is 1.02. The van der Waals surface area contributed by atoms with Gasteiger partial charge in [0.15, 0.2) is 0 Å². The maximum absolute atomic E-state index is 12.1. The molecule has 2 aromatic heterocycles. The Labute approximate surface area is 120 Å². The summed E-state index contributed by atoms with van der Waals surface area (Å²) in [5.74, 6) is -0.595. The Hall–Kier alpha value is -2.83. The third-order valence-corrected chi connectivity index (χ3v) is 2.99. The highest BCUT2D eigenvalue weighted by molar-refractivity contribution is 6.05. The third kappa shape index (κ3) is 3.38. The maximum Gasteiger partial charge on any atom is 0.270 e. The molecule has 1 aliphatic carbocycles. The van der Waals surface area contributed by atoms with Gasteiger partial charge in [-0.25, -0.2) is 9.97 Å². The van der Waals surface area contributed by atoms with Crippen molar-refractivity contribution in [3.63, 3.8) is 0 Å². The van der Waals surface area contributed by atoms with Crippen molar-refractivity contribution in [1.29, 1.82) is 0 Å². The quantitative estimate of drug-likeness (QED) is 0.873. The van der Waals surface area contributed by atoms with Crippen LogP contribution in [0.4, 0.5) is 5.69 Å². The largest absolute Gasteiger partial charge is 0.348 e. The van der Waals surface area contributed by atoms with Crippen molar-refractivity contribution < 1.29 is 9.59 Å². The molecule has 0 bridgehead atoms. The molecule has 0 aromatic carbocycles. The van der Waals surface area contributed by atoms with Gasteiger partial charge in [0.2, 0.25) is 0 Å². The van der Waals surface area contributed by atoms with Crippen LogP contribution in [-0.2, 0) is 0 Å². The number of nitrogens with one attached hydrogen (secondary N) is 2. The summed E-state index contributed by atoms with van der Waals surface area (Å²) in [6, 6.07) is 3.27. The van der Waals surface area contributed by atoms with Crippen LogP contribution in [0.1, 0.15) is 33.7 Å². The number of anilines is 1. The molecule has 0 atom stereocenters. The van der Waals surface area contributed by atoms with Crippen LogP contribution in [0.3, 0.4) is 0 Å². The average molecular weight is 283 g/mol. The number of rotatable bonds is 4. The first kappa shape index (κ1) is 13.2. The number of amides is 2. The van der Waals surface area contributed by atoms with E-state index in [0.717, 1.165) is 12.8 Å². The number of nitrogens with zero attached hydrogens (tertiary/aromatic N) is 3. The van der Waals surface area contributed by atoms with E-state index in [4.69, 9.17) is 0 Å². The van der Waals surface area contributed by atoms with Crippen molar-refractivity contribution in [3.05, 3.63) is 48.3 Å². The minimum Gasteiger partial charge on any atom is -0.348 e. The van der Waals surface area contributed by atoms with Crippen molar-refractivity contribution in [1.82, 2.24) is 20.3 Å². The van der Waals surface area contributed by atoms with Gasteiger partial charge in [-0.05, 0) is 25.0 Å². The van der Waals surface area contributed by atoms with Gasteiger partial charge in [0.05, 0.1) is 18.1 Å². The van der Waals surface area contributed by atoms with Gasteiger partial charge in [0.1, 0.15) is 12.0 Å². The zero-order valence-electron chi connectivity index (χ0n) is 11.1. The molecule has 2 aromatic rings. The molecule has 7 heteroatoms. The molecule has 106 valence electrons. The molecule has 7 nitrogen and oxygen atoms in total. The molecule has 2 heterocycles. The van der Waals surface area contributed by atoms with Crippen molar-refractivity contribution in [2.45, 2.75) is 18.9 Å². The Morgan fingerprint density at radius 1 is 1.14 bits per heavy atom. The number of hydrogen-bond acceptors (Lipinski definition) is 5. The fourth-order valence-corrected chi connectivity index (χ4v) is 1.75. The molecule has 3 rings (SSSR count). The summed E-state index contributed by atoms with van der Waals surface area (Å²) >= 11 is 0. The standard InChI is InChI=1S/C14H13N5O2/c20-13(19-11-6-15-8-16-7-11)9-3-4-17-12(5-9)14(21)18-10-1-2-10/h3-8,10H,1-2H2,(H,18,21)(H,19,20). The second-order valence-corrected chi connectivity index (χ2v) is 4.76. The first-order valence-electron chi connectivity index (χ1n) is 6.55. The Kier molecular flexibility index (Phi) is 3.55. The van der Waals surface area contributed by atoms with Crippen LogP contribution in [0.15, 0.2) is 37.1 Å². The third-order valence-electron chi connectivity index (χ3n) is 2.99.